The summed E-state index contributed by atoms with van der Waals surface area (Å²) in [5.74, 6) is -0.355. The number of fused-ring (bicyclic) bond motifs is 1. The number of esters is 1. The molecule has 0 unspecified atom stereocenters. The predicted molar refractivity (Wildman–Crippen MR) is 60.0 cm³/mol. The van der Waals surface area contributed by atoms with E-state index >= 15 is 0 Å². The fraction of sp³-hybridized carbons (Fsp3) is 0.182. The molecule has 2 rings (SSSR count). The fourth-order valence-corrected chi connectivity index (χ4v) is 2.09. The monoisotopic (exact) mass is 268 g/mol. The SMILES string of the molecule is COC(=O)c1cc(Br)c2ccoc2c1C. The summed E-state index contributed by atoms with van der Waals surface area (Å²) in [6.07, 6.45) is 1.60. The normalized spacial score (nSPS) is 10.6. The smallest absolute Gasteiger partial charge is 0.338 e. The molecule has 0 aliphatic heterocycles. The minimum Gasteiger partial charge on any atom is -0.465 e. The van der Waals surface area contributed by atoms with E-state index in [-0.39, 0.29) is 5.97 Å². The van der Waals surface area contributed by atoms with Gasteiger partial charge >= 0.3 is 5.97 Å². The van der Waals surface area contributed by atoms with E-state index in [1.54, 1.807) is 12.3 Å². The van der Waals surface area contributed by atoms with Gasteiger partial charge in [0.1, 0.15) is 5.58 Å². The second kappa shape index (κ2) is 3.70. The van der Waals surface area contributed by atoms with Crippen molar-refractivity contribution >= 4 is 32.9 Å². The minimum atomic E-state index is -0.355. The van der Waals surface area contributed by atoms with Crippen LogP contribution in [0.25, 0.3) is 11.0 Å². The molecule has 1 aromatic heterocycles. The van der Waals surface area contributed by atoms with Crippen LogP contribution in [0.1, 0.15) is 15.9 Å². The highest BCUT2D eigenvalue weighted by atomic mass is 79.9. The summed E-state index contributed by atoms with van der Waals surface area (Å²) >= 11 is 3.39. The molecule has 4 heteroatoms. The Balaban J connectivity index is 2.76. The van der Waals surface area contributed by atoms with Gasteiger partial charge in [0.15, 0.2) is 0 Å². The van der Waals surface area contributed by atoms with Crippen molar-refractivity contribution in [2.45, 2.75) is 6.92 Å². The highest BCUT2D eigenvalue weighted by Crippen LogP contribution is 2.30. The minimum absolute atomic E-state index is 0.355. The van der Waals surface area contributed by atoms with Crippen LogP contribution in [0, 0.1) is 6.92 Å². The van der Waals surface area contributed by atoms with Crippen LogP contribution in [0.3, 0.4) is 0 Å². The number of hydrogen-bond donors (Lipinski definition) is 0. The van der Waals surface area contributed by atoms with Crippen molar-refractivity contribution in [1.29, 1.82) is 0 Å². The summed E-state index contributed by atoms with van der Waals surface area (Å²) in [6.45, 7) is 1.84. The zero-order chi connectivity index (χ0) is 11.0. The van der Waals surface area contributed by atoms with Crippen molar-refractivity contribution in [3.63, 3.8) is 0 Å². The fourth-order valence-electron chi connectivity index (χ4n) is 1.54. The van der Waals surface area contributed by atoms with Crippen LogP contribution in [-0.2, 0) is 4.74 Å². The van der Waals surface area contributed by atoms with Crippen molar-refractivity contribution in [3.8, 4) is 0 Å². The maximum atomic E-state index is 11.5. The van der Waals surface area contributed by atoms with Crippen molar-refractivity contribution in [2.24, 2.45) is 0 Å². The summed E-state index contributed by atoms with van der Waals surface area (Å²) in [7, 11) is 1.36. The van der Waals surface area contributed by atoms with E-state index in [2.05, 4.69) is 15.9 Å². The van der Waals surface area contributed by atoms with Gasteiger partial charge in [-0.1, -0.05) is 15.9 Å². The van der Waals surface area contributed by atoms with Crippen LogP contribution in [0.15, 0.2) is 27.3 Å². The Bertz CT molecular complexity index is 528. The topological polar surface area (TPSA) is 39.4 Å². The number of ether oxygens (including phenoxy) is 1. The Hall–Kier alpha value is -1.29. The number of rotatable bonds is 1. The molecule has 1 aromatic carbocycles. The number of aryl methyl sites for hydroxylation is 1. The molecule has 0 radical (unpaired) electrons. The summed E-state index contributed by atoms with van der Waals surface area (Å²) in [4.78, 5) is 11.5. The second-order valence-corrected chi connectivity index (χ2v) is 4.04. The summed E-state index contributed by atoms with van der Waals surface area (Å²) in [5.41, 5.74) is 2.03. The molecule has 0 bridgehead atoms. The third-order valence-electron chi connectivity index (χ3n) is 2.34. The van der Waals surface area contributed by atoms with Gasteiger partial charge in [0, 0.05) is 15.4 Å². The van der Waals surface area contributed by atoms with Crippen LogP contribution < -0.4 is 0 Å². The van der Waals surface area contributed by atoms with Crippen LogP contribution in [0.4, 0.5) is 0 Å². The predicted octanol–water partition coefficient (Wildman–Crippen LogP) is 3.29. The van der Waals surface area contributed by atoms with Gasteiger partial charge in [-0.2, -0.15) is 0 Å². The Morgan fingerprint density at radius 3 is 2.93 bits per heavy atom. The van der Waals surface area contributed by atoms with E-state index < -0.39 is 0 Å². The van der Waals surface area contributed by atoms with Gasteiger partial charge in [-0.15, -0.1) is 0 Å². The number of methoxy groups -OCH3 is 1. The molecule has 0 fully saturated rings. The third-order valence-corrected chi connectivity index (χ3v) is 3.00. The molecule has 15 heavy (non-hydrogen) atoms. The first-order valence-electron chi connectivity index (χ1n) is 4.39. The molecule has 0 aliphatic carbocycles. The lowest BCUT2D eigenvalue weighted by Crippen LogP contribution is -2.03. The first-order chi connectivity index (χ1) is 7.15. The largest absolute Gasteiger partial charge is 0.465 e. The molecule has 3 nitrogen and oxygen atoms in total. The number of furan rings is 1. The molecule has 1 heterocycles. The van der Waals surface area contributed by atoms with E-state index in [1.807, 2.05) is 13.0 Å². The van der Waals surface area contributed by atoms with E-state index in [9.17, 15) is 4.79 Å². The van der Waals surface area contributed by atoms with Gasteiger partial charge < -0.3 is 9.15 Å². The van der Waals surface area contributed by atoms with E-state index in [4.69, 9.17) is 9.15 Å². The van der Waals surface area contributed by atoms with Crippen LogP contribution in [0.2, 0.25) is 0 Å². The maximum absolute atomic E-state index is 11.5. The number of carbonyl (C=O) groups excluding carboxylic acids is 1. The summed E-state index contributed by atoms with van der Waals surface area (Å²) < 4.78 is 10.9. The Labute approximate surface area is 95.1 Å². The van der Waals surface area contributed by atoms with Crippen molar-refractivity contribution in [2.75, 3.05) is 7.11 Å². The molecular formula is C11H9BrO3. The highest BCUT2D eigenvalue weighted by Gasteiger charge is 2.15. The van der Waals surface area contributed by atoms with Crippen LogP contribution in [-0.4, -0.2) is 13.1 Å². The van der Waals surface area contributed by atoms with Gasteiger partial charge in [0.05, 0.1) is 18.9 Å². The van der Waals surface area contributed by atoms with Gasteiger partial charge in [-0.3, -0.25) is 0 Å². The first kappa shape index (κ1) is 10.2. The number of halogens is 1. The van der Waals surface area contributed by atoms with E-state index in [0.717, 1.165) is 15.4 Å². The van der Waals surface area contributed by atoms with Crippen molar-refractivity contribution < 1.29 is 13.9 Å². The van der Waals surface area contributed by atoms with Crippen LogP contribution >= 0.6 is 15.9 Å². The summed E-state index contributed by atoms with van der Waals surface area (Å²) in [5, 5.41) is 0.958. The van der Waals surface area contributed by atoms with E-state index in [0.29, 0.717) is 11.1 Å². The van der Waals surface area contributed by atoms with E-state index in [1.165, 1.54) is 7.11 Å². The number of carbonyl (C=O) groups is 1. The van der Waals surface area contributed by atoms with Gasteiger partial charge in [-0.05, 0) is 19.1 Å². The Morgan fingerprint density at radius 2 is 2.27 bits per heavy atom. The molecule has 0 atom stereocenters. The highest BCUT2D eigenvalue weighted by molar-refractivity contribution is 9.10. The lowest BCUT2D eigenvalue weighted by molar-refractivity contribution is 0.0600. The summed E-state index contributed by atoms with van der Waals surface area (Å²) in [6, 6.07) is 3.60. The Kier molecular flexibility index (Phi) is 2.52. The molecule has 0 saturated carbocycles. The molecule has 78 valence electrons. The molecule has 0 aliphatic rings. The zero-order valence-electron chi connectivity index (χ0n) is 8.33. The Morgan fingerprint density at radius 1 is 1.53 bits per heavy atom. The standard InChI is InChI=1S/C11H9BrO3/c1-6-8(11(13)14-2)5-9(12)7-3-4-15-10(6)7/h3-5H,1-2H3. The van der Waals surface area contributed by atoms with Crippen molar-refractivity contribution in [3.05, 3.63) is 34.0 Å². The first-order valence-corrected chi connectivity index (χ1v) is 5.19. The number of hydrogen-bond acceptors (Lipinski definition) is 3. The average molecular weight is 269 g/mol. The zero-order valence-corrected chi connectivity index (χ0v) is 9.92. The molecule has 0 spiro atoms. The average Bonchev–Trinajstić information content (AvgIpc) is 2.71. The van der Waals surface area contributed by atoms with Gasteiger partial charge in [0.2, 0.25) is 0 Å². The molecular weight excluding hydrogens is 260 g/mol. The van der Waals surface area contributed by atoms with Gasteiger partial charge in [0.25, 0.3) is 0 Å². The lowest BCUT2D eigenvalue weighted by atomic mass is 10.1. The lowest BCUT2D eigenvalue weighted by Gasteiger charge is -2.05. The maximum Gasteiger partial charge on any atom is 0.338 e. The van der Waals surface area contributed by atoms with Gasteiger partial charge in [-0.25, -0.2) is 4.79 Å². The van der Waals surface area contributed by atoms with Crippen molar-refractivity contribution in [1.82, 2.24) is 0 Å². The molecule has 0 saturated heterocycles. The van der Waals surface area contributed by atoms with Crippen LogP contribution in [0.5, 0.6) is 0 Å². The third kappa shape index (κ3) is 1.55. The second-order valence-electron chi connectivity index (χ2n) is 3.19. The molecule has 0 N–H and O–H groups in total. The number of benzene rings is 1. The molecule has 2 aromatic rings. The quantitative estimate of drug-likeness (QED) is 0.746. The molecule has 0 amide bonds.